The van der Waals surface area contributed by atoms with Gasteiger partial charge in [-0.2, -0.15) is 5.26 Å². The maximum atomic E-state index is 10.6. The average molecular weight is 304 g/mol. The molecular weight excluding hydrogens is 299 g/mol. The molecule has 0 aliphatic carbocycles. The molecule has 72 valence electrons. The summed E-state index contributed by atoms with van der Waals surface area (Å²) in [5.74, 6) is 0. The van der Waals surface area contributed by atoms with Crippen molar-refractivity contribution in [2.24, 2.45) is 0 Å². The Morgan fingerprint density at radius 1 is 1.64 bits per heavy atom. The fraction of sp³-hybridized carbons (Fsp3) is 0.125. The highest BCUT2D eigenvalue weighted by atomic mass is 127. The molecule has 0 aliphatic heterocycles. The fourth-order valence-corrected chi connectivity index (χ4v) is 1.79. The van der Waals surface area contributed by atoms with Gasteiger partial charge < -0.3 is 5.11 Å². The molecule has 5 nitrogen and oxygen atoms in total. The maximum Gasteiger partial charge on any atom is 0.288 e. The SMILES string of the molecule is N#Cc1c(I)cc(CO)cc1[N+](=O)[O-]. The number of hydrogen-bond acceptors (Lipinski definition) is 4. The van der Waals surface area contributed by atoms with Gasteiger partial charge in [-0.25, -0.2) is 0 Å². The molecule has 1 rings (SSSR count). The van der Waals surface area contributed by atoms with Crippen molar-refractivity contribution in [3.05, 3.63) is 36.9 Å². The van der Waals surface area contributed by atoms with Gasteiger partial charge in [0.1, 0.15) is 11.6 Å². The summed E-state index contributed by atoms with van der Waals surface area (Å²) in [6, 6.07) is 4.52. The Kier molecular flexibility index (Phi) is 3.38. The normalized spacial score (nSPS) is 9.50. The molecule has 1 N–H and O–H groups in total. The van der Waals surface area contributed by atoms with Crippen LogP contribution >= 0.6 is 22.6 Å². The second-order valence-corrected chi connectivity index (χ2v) is 3.66. The summed E-state index contributed by atoms with van der Waals surface area (Å²) < 4.78 is 0.475. The number of hydrogen-bond donors (Lipinski definition) is 1. The molecule has 6 heteroatoms. The molecule has 14 heavy (non-hydrogen) atoms. The molecule has 0 radical (unpaired) electrons. The number of nitrogens with zero attached hydrogens (tertiary/aromatic N) is 2. The molecule has 0 unspecified atom stereocenters. The van der Waals surface area contributed by atoms with Gasteiger partial charge in [0, 0.05) is 9.64 Å². The molecule has 0 saturated heterocycles. The van der Waals surface area contributed by atoms with Gasteiger partial charge in [0.25, 0.3) is 5.69 Å². The number of aliphatic hydroxyl groups excluding tert-OH is 1. The quantitative estimate of drug-likeness (QED) is 0.510. The number of halogens is 1. The highest BCUT2D eigenvalue weighted by molar-refractivity contribution is 14.1. The van der Waals surface area contributed by atoms with Crippen LogP contribution in [-0.4, -0.2) is 10.0 Å². The lowest BCUT2D eigenvalue weighted by atomic mass is 10.1. The van der Waals surface area contributed by atoms with Crippen LogP contribution in [0.15, 0.2) is 12.1 Å². The van der Waals surface area contributed by atoms with Gasteiger partial charge in [0.2, 0.25) is 0 Å². The number of benzene rings is 1. The van der Waals surface area contributed by atoms with Gasteiger partial charge in [0.15, 0.2) is 0 Å². The molecule has 0 atom stereocenters. The second kappa shape index (κ2) is 4.34. The van der Waals surface area contributed by atoms with E-state index in [1.54, 1.807) is 12.1 Å². The van der Waals surface area contributed by atoms with Gasteiger partial charge >= 0.3 is 0 Å². The van der Waals surface area contributed by atoms with Gasteiger partial charge in [-0.05, 0) is 34.2 Å². The minimum atomic E-state index is -0.625. The molecule has 1 aromatic rings. The summed E-state index contributed by atoms with van der Waals surface area (Å²) >= 11 is 1.83. The average Bonchev–Trinajstić information content (AvgIpc) is 2.16. The molecular formula is C8H5IN2O3. The Bertz CT molecular complexity index is 425. The lowest BCUT2D eigenvalue weighted by Gasteiger charge is -2.00. The van der Waals surface area contributed by atoms with Crippen molar-refractivity contribution in [3.63, 3.8) is 0 Å². The molecule has 0 bridgehead atoms. The number of nitro benzene ring substituents is 1. The Labute approximate surface area is 93.3 Å². The first-order valence-electron chi connectivity index (χ1n) is 3.58. The van der Waals surface area contributed by atoms with Crippen molar-refractivity contribution >= 4 is 28.3 Å². The van der Waals surface area contributed by atoms with Crippen LogP contribution in [0.3, 0.4) is 0 Å². The first-order valence-corrected chi connectivity index (χ1v) is 4.65. The molecule has 0 amide bonds. The third-order valence-corrected chi connectivity index (χ3v) is 2.47. The van der Waals surface area contributed by atoms with Gasteiger partial charge in [-0.1, -0.05) is 0 Å². The number of nitro groups is 1. The van der Waals surface area contributed by atoms with Crippen molar-refractivity contribution in [2.75, 3.05) is 0 Å². The second-order valence-electron chi connectivity index (χ2n) is 2.50. The molecule has 0 spiro atoms. The van der Waals surface area contributed by atoms with Crippen LogP contribution in [0.2, 0.25) is 0 Å². The van der Waals surface area contributed by atoms with E-state index >= 15 is 0 Å². The topological polar surface area (TPSA) is 87.2 Å². The van der Waals surface area contributed by atoms with Crippen LogP contribution in [0.1, 0.15) is 11.1 Å². The van der Waals surface area contributed by atoms with Crippen molar-refractivity contribution in [2.45, 2.75) is 6.61 Å². The summed E-state index contributed by atoms with van der Waals surface area (Å²) in [6.07, 6.45) is 0. The number of rotatable bonds is 2. The van der Waals surface area contributed by atoms with Crippen molar-refractivity contribution in [3.8, 4) is 6.07 Å². The summed E-state index contributed by atoms with van der Waals surface area (Å²) in [7, 11) is 0. The van der Waals surface area contributed by atoms with Crippen LogP contribution in [0, 0.1) is 25.0 Å². The van der Waals surface area contributed by atoms with Crippen LogP contribution in [0.25, 0.3) is 0 Å². The molecule has 0 aliphatic rings. The van der Waals surface area contributed by atoms with Crippen LogP contribution in [0.5, 0.6) is 0 Å². The zero-order chi connectivity index (χ0) is 10.7. The standard InChI is InChI=1S/C8H5IN2O3/c9-7-1-5(4-12)2-8(11(13)14)6(7)3-10/h1-2,12H,4H2. The Morgan fingerprint density at radius 2 is 2.29 bits per heavy atom. The van der Waals surface area contributed by atoms with E-state index in [1.165, 1.54) is 6.07 Å². The highest BCUT2D eigenvalue weighted by Gasteiger charge is 2.17. The largest absolute Gasteiger partial charge is 0.392 e. The molecule has 0 heterocycles. The van der Waals surface area contributed by atoms with Crippen molar-refractivity contribution < 1.29 is 10.0 Å². The summed E-state index contributed by atoms with van der Waals surface area (Å²) in [5, 5.41) is 28.1. The Balaban J connectivity index is 3.45. The number of nitriles is 1. The van der Waals surface area contributed by atoms with E-state index in [4.69, 9.17) is 10.4 Å². The first-order chi connectivity index (χ1) is 6.60. The third-order valence-electron chi connectivity index (χ3n) is 1.62. The van der Waals surface area contributed by atoms with Gasteiger partial charge in [-0.3, -0.25) is 10.1 Å². The Morgan fingerprint density at radius 3 is 2.71 bits per heavy atom. The Hall–Kier alpha value is -1.20. The van der Waals surface area contributed by atoms with Crippen LogP contribution in [0.4, 0.5) is 5.69 Å². The van der Waals surface area contributed by atoms with E-state index in [-0.39, 0.29) is 17.9 Å². The van der Waals surface area contributed by atoms with E-state index in [2.05, 4.69) is 0 Å². The zero-order valence-electron chi connectivity index (χ0n) is 6.90. The monoisotopic (exact) mass is 304 g/mol. The van der Waals surface area contributed by atoms with E-state index < -0.39 is 4.92 Å². The van der Waals surface area contributed by atoms with Crippen LogP contribution < -0.4 is 0 Å². The predicted molar refractivity (Wildman–Crippen MR) is 56.5 cm³/mol. The summed E-state index contributed by atoms with van der Waals surface area (Å²) in [6.45, 7) is -0.275. The van der Waals surface area contributed by atoms with E-state index in [9.17, 15) is 10.1 Å². The first kappa shape index (κ1) is 10.9. The lowest BCUT2D eigenvalue weighted by molar-refractivity contribution is -0.385. The molecule has 1 aromatic carbocycles. The van der Waals surface area contributed by atoms with E-state index in [0.29, 0.717) is 9.13 Å². The molecule has 0 fully saturated rings. The minimum absolute atomic E-state index is 0.0350. The predicted octanol–water partition coefficient (Wildman–Crippen LogP) is 1.56. The van der Waals surface area contributed by atoms with Crippen LogP contribution in [-0.2, 0) is 6.61 Å². The van der Waals surface area contributed by atoms with Crippen molar-refractivity contribution in [1.82, 2.24) is 0 Å². The maximum absolute atomic E-state index is 10.6. The van der Waals surface area contributed by atoms with E-state index in [0.717, 1.165) is 0 Å². The zero-order valence-corrected chi connectivity index (χ0v) is 9.06. The highest BCUT2D eigenvalue weighted by Crippen LogP contribution is 2.25. The van der Waals surface area contributed by atoms with E-state index in [1.807, 2.05) is 22.6 Å². The van der Waals surface area contributed by atoms with Crippen molar-refractivity contribution in [1.29, 1.82) is 5.26 Å². The minimum Gasteiger partial charge on any atom is -0.392 e. The van der Waals surface area contributed by atoms with Gasteiger partial charge in [-0.15, -0.1) is 0 Å². The number of aliphatic hydroxyl groups is 1. The summed E-state index contributed by atoms with van der Waals surface area (Å²) in [4.78, 5) is 9.95. The lowest BCUT2D eigenvalue weighted by Crippen LogP contribution is -1.97. The van der Waals surface area contributed by atoms with Gasteiger partial charge in [0.05, 0.1) is 11.5 Å². The third kappa shape index (κ3) is 2.00. The molecule has 0 aromatic heterocycles. The molecule has 0 saturated carbocycles. The fourth-order valence-electron chi connectivity index (χ4n) is 0.993. The summed E-state index contributed by atoms with van der Waals surface area (Å²) in [5.41, 5.74) is 0.205. The smallest absolute Gasteiger partial charge is 0.288 e.